The molecule has 0 N–H and O–H groups in total. The number of hydrogen-bond acceptors (Lipinski definition) is 4. The SMILES string of the molecule is Cc1cnn(CC2CCCN2CCC(=O)N2CCOCC2)c1. The van der Waals surface area contributed by atoms with Crippen LogP contribution in [-0.4, -0.2) is 70.9 Å². The van der Waals surface area contributed by atoms with Crippen LogP contribution in [-0.2, 0) is 16.1 Å². The molecule has 0 bridgehead atoms. The molecule has 1 aromatic rings. The van der Waals surface area contributed by atoms with Gasteiger partial charge in [-0.15, -0.1) is 0 Å². The summed E-state index contributed by atoms with van der Waals surface area (Å²) in [6, 6.07) is 0.511. The molecule has 2 fully saturated rings. The van der Waals surface area contributed by atoms with E-state index >= 15 is 0 Å². The normalized spacial score (nSPS) is 23.1. The maximum Gasteiger partial charge on any atom is 0.224 e. The van der Waals surface area contributed by atoms with E-state index < -0.39 is 0 Å². The Balaban J connectivity index is 1.47. The monoisotopic (exact) mass is 306 g/mol. The second-order valence-electron chi connectivity index (χ2n) is 6.31. The van der Waals surface area contributed by atoms with Crippen molar-refractivity contribution >= 4 is 5.91 Å². The Morgan fingerprint density at radius 1 is 1.36 bits per heavy atom. The lowest BCUT2D eigenvalue weighted by atomic mass is 10.2. The van der Waals surface area contributed by atoms with Gasteiger partial charge in [-0.2, -0.15) is 5.10 Å². The molecule has 2 saturated heterocycles. The number of rotatable bonds is 5. The number of aryl methyl sites for hydroxylation is 1. The van der Waals surface area contributed by atoms with Crippen LogP contribution in [0.25, 0.3) is 0 Å². The summed E-state index contributed by atoms with van der Waals surface area (Å²) in [5, 5.41) is 4.38. The Labute approximate surface area is 132 Å². The minimum Gasteiger partial charge on any atom is -0.378 e. The van der Waals surface area contributed by atoms with Gasteiger partial charge in [0.1, 0.15) is 0 Å². The Hall–Kier alpha value is -1.40. The number of ether oxygens (including phenoxy) is 1. The Bertz CT molecular complexity index is 496. The molecule has 2 aliphatic rings. The zero-order valence-corrected chi connectivity index (χ0v) is 13.4. The zero-order chi connectivity index (χ0) is 15.4. The van der Waals surface area contributed by atoms with E-state index in [1.54, 1.807) is 0 Å². The van der Waals surface area contributed by atoms with Crippen molar-refractivity contribution in [2.75, 3.05) is 39.4 Å². The van der Waals surface area contributed by atoms with Crippen molar-refractivity contribution in [3.8, 4) is 0 Å². The van der Waals surface area contributed by atoms with Gasteiger partial charge < -0.3 is 9.64 Å². The van der Waals surface area contributed by atoms with Gasteiger partial charge in [0.05, 0.1) is 26.0 Å². The number of nitrogens with zero attached hydrogens (tertiary/aromatic N) is 4. The summed E-state index contributed by atoms with van der Waals surface area (Å²) in [5.41, 5.74) is 1.20. The van der Waals surface area contributed by atoms with Crippen molar-refractivity contribution in [2.45, 2.75) is 38.8 Å². The predicted molar refractivity (Wildman–Crippen MR) is 83.6 cm³/mol. The van der Waals surface area contributed by atoms with Gasteiger partial charge in [-0.3, -0.25) is 14.4 Å². The molecule has 0 aromatic carbocycles. The molecule has 1 amide bonds. The minimum atomic E-state index is 0.267. The van der Waals surface area contributed by atoms with Crippen LogP contribution in [0.5, 0.6) is 0 Å². The summed E-state index contributed by atoms with van der Waals surface area (Å²) in [4.78, 5) is 16.6. The van der Waals surface area contributed by atoms with Crippen molar-refractivity contribution in [3.05, 3.63) is 18.0 Å². The highest BCUT2D eigenvalue weighted by molar-refractivity contribution is 5.76. The molecular formula is C16H26N4O2. The summed E-state index contributed by atoms with van der Waals surface area (Å²) >= 11 is 0. The van der Waals surface area contributed by atoms with E-state index in [0.29, 0.717) is 25.7 Å². The second-order valence-corrected chi connectivity index (χ2v) is 6.31. The lowest BCUT2D eigenvalue weighted by molar-refractivity contribution is -0.135. The number of aromatic nitrogens is 2. The van der Waals surface area contributed by atoms with Gasteiger partial charge in [-0.1, -0.05) is 0 Å². The van der Waals surface area contributed by atoms with Crippen LogP contribution in [0.4, 0.5) is 0 Å². The number of hydrogen-bond donors (Lipinski definition) is 0. The third-order valence-corrected chi connectivity index (χ3v) is 4.64. The lowest BCUT2D eigenvalue weighted by Crippen LogP contribution is -2.42. The van der Waals surface area contributed by atoms with E-state index in [-0.39, 0.29) is 5.91 Å². The molecule has 0 radical (unpaired) electrons. The van der Waals surface area contributed by atoms with Crippen LogP contribution < -0.4 is 0 Å². The van der Waals surface area contributed by atoms with Crippen LogP contribution in [0.2, 0.25) is 0 Å². The summed E-state index contributed by atoms with van der Waals surface area (Å²) < 4.78 is 7.33. The van der Waals surface area contributed by atoms with Crippen molar-refractivity contribution in [1.82, 2.24) is 19.6 Å². The molecule has 2 aliphatic heterocycles. The van der Waals surface area contributed by atoms with Crippen molar-refractivity contribution in [1.29, 1.82) is 0 Å². The number of carbonyl (C=O) groups is 1. The molecule has 1 atom stereocenters. The second kappa shape index (κ2) is 7.24. The first-order valence-corrected chi connectivity index (χ1v) is 8.31. The fourth-order valence-corrected chi connectivity index (χ4v) is 3.39. The smallest absolute Gasteiger partial charge is 0.224 e. The first-order chi connectivity index (χ1) is 10.7. The Morgan fingerprint density at radius 3 is 2.91 bits per heavy atom. The number of amides is 1. The lowest BCUT2D eigenvalue weighted by Gasteiger charge is -2.29. The molecule has 0 spiro atoms. The quantitative estimate of drug-likeness (QED) is 0.811. The van der Waals surface area contributed by atoms with Crippen molar-refractivity contribution in [2.24, 2.45) is 0 Å². The van der Waals surface area contributed by atoms with E-state index in [0.717, 1.165) is 32.7 Å². The largest absolute Gasteiger partial charge is 0.378 e. The van der Waals surface area contributed by atoms with Gasteiger partial charge >= 0.3 is 0 Å². The maximum absolute atomic E-state index is 12.2. The fourth-order valence-electron chi connectivity index (χ4n) is 3.39. The first kappa shape index (κ1) is 15.5. The third-order valence-electron chi connectivity index (χ3n) is 4.64. The molecule has 122 valence electrons. The molecule has 3 rings (SSSR count). The van der Waals surface area contributed by atoms with Crippen LogP contribution in [0, 0.1) is 6.92 Å². The van der Waals surface area contributed by atoms with Crippen LogP contribution >= 0.6 is 0 Å². The highest BCUT2D eigenvalue weighted by Crippen LogP contribution is 2.19. The number of likely N-dealkylation sites (tertiary alicyclic amines) is 1. The fraction of sp³-hybridized carbons (Fsp3) is 0.750. The predicted octanol–water partition coefficient (Wildman–Crippen LogP) is 0.905. The maximum atomic E-state index is 12.2. The zero-order valence-electron chi connectivity index (χ0n) is 13.4. The van der Waals surface area contributed by atoms with Crippen molar-refractivity contribution < 1.29 is 9.53 Å². The standard InChI is InChI=1S/C16H26N4O2/c1-14-11-17-20(12-14)13-15-3-2-5-18(15)6-4-16(21)19-7-9-22-10-8-19/h11-12,15H,2-10,13H2,1H3. The average Bonchev–Trinajstić information content (AvgIpc) is 3.15. The number of carbonyl (C=O) groups excluding carboxylic acids is 1. The Morgan fingerprint density at radius 2 is 2.18 bits per heavy atom. The molecule has 3 heterocycles. The highest BCUT2D eigenvalue weighted by Gasteiger charge is 2.26. The van der Waals surface area contributed by atoms with Gasteiger partial charge in [-0.05, 0) is 31.9 Å². The highest BCUT2D eigenvalue weighted by atomic mass is 16.5. The third kappa shape index (κ3) is 3.87. The van der Waals surface area contributed by atoms with E-state index in [9.17, 15) is 4.79 Å². The van der Waals surface area contributed by atoms with Gasteiger partial charge in [0.25, 0.3) is 0 Å². The minimum absolute atomic E-state index is 0.267. The van der Waals surface area contributed by atoms with E-state index in [1.807, 2.05) is 15.8 Å². The van der Waals surface area contributed by atoms with Gasteiger partial charge in [0, 0.05) is 38.3 Å². The summed E-state index contributed by atoms with van der Waals surface area (Å²) in [6.45, 7) is 7.80. The van der Waals surface area contributed by atoms with E-state index in [1.165, 1.54) is 18.4 Å². The Kier molecular flexibility index (Phi) is 5.10. The molecule has 0 saturated carbocycles. The topological polar surface area (TPSA) is 50.6 Å². The molecule has 1 unspecified atom stereocenters. The molecule has 6 heteroatoms. The van der Waals surface area contributed by atoms with Gasteiger partial charge in [0.2, 0.25) is 5.91 Å². The van der Waals surface area contributed by atoms with Crippen LogP contribution in [0.1, 0.15) is 24.8 Å². The molecule has 6 nitrogen and oxygen atoms in total. The first-order valence-electron chi connectivity index (χ1n) is 8.31. The van der Waals surface area contributed by atoms with E-state index in [4.69, 9.17) is 4.74 Å². The molecule has 1 aromatic heterocycles. The molecule has 0 aliphatic carbocycles. The molecular weight excluding hydrogens is 280 g/mol. The van der Waals surface area contributed by atoms with Gasteiger partial charge in [-0.25, -0.2) is 0 Å². The summed E-state index contributed by atoms with van der Waals surface area (Å²) in [5.74, 6) is 0.267. The average molecular weight is 306 g/mol. The van der Waals surface area contributed by atoms with E-state index in [2.05, 4.69) is 23.1 Å². The summed E-state index contributed by atoms with van der Waals surface area (Å²) in [7, 11) is 0. The molecule has 22 heavy (non-hydrogen) atoms. The van der Waals surface area contributed by atoms with Gasteiger partial charge in [0.15, 0.2) is 0 Å². The number of morpholine rings is 1. The van der Waals surface area contributed by atoms with Crippen LogP contribution in [0.3, 0.4) is 0 Å². The summed E-state index contributed by atoms with van der Waals surface area (Å²) in [6.07, 6.45) is 7.03. The van der Waals surface area contributed by atoms with Crippen LogP contribution in [0.15, 0.2) is 12.4 Å². The van der Waals surface area contributed by atoms with Crippen molar-refractivity contribution in [3.63, 3.8) is 0 Å².